The molecule has 5 heteroatoms. The first-order chi connectivity index (χ1) is 10.0. The lowest BCUT2D eigenvalue weighted by Crippen LogP contribution is -2.50. The van der Waals surface area contributed by atoms with Crippen molar-refractivity contribution in [2.75, 3.05) is 0 Å². The van der Waals surface area contributed by atoms with Gasteiger partial charge in [-0.05, 0) is 43.7 Å². The number of benzene rings is 1. The average Bonchev–Trinajstić information content (AvgIpc) is 2.74. The second kappa shape index (κ2) is 5.34. The Morgan fingerprint density at radius 3 is 2.52 bits per heavy atom. The van der Waals surface area contributed by atoms with Gasteiger partial charge in [-0.3, -0.25) is 0 Å². The maximum atomic E-state index is 11.4. The van der Waals surface area contributed by atoms with Gasteiger partial charge in [-0.1, -0.05) is 34.1 Å². The van der Waals surface area contributed by atoms with Crippen molar-refractivity contribution >= 4 is 22.0 Å². The molecule has 1 aromatic carbocycles. The fourth-order valence-corrected chi connectivity index (χ4v) is 4.37. The van der Waals surface area contributed by atoms with Crippen molar-refractivity contribution in [1.82, 2.24) is 4.90 Å². The summed E-state index contributed by atoms with van der Waals surface area (Å²) in [6.07, 6.45) is 2.91. The lowest BCUT2D eigenvalue weighted by molar-refractivity contribution is 0.0658. The van der Waals surface area contributed by atoms with Crippen molar-refractivity contribution < 1.29 is 9.90 Å². The standard InChI is InChI=1S/C16H17BrN2O2/c17-14-4-2-1-3-11(14)7-16(10-18)8-12-5-6-13(9-16)19(12)15(20)21/h1-4,12-13H,5-9H2,(H,20,21)/t12-,13+,16+. The second-order valence-electron chi connectivity index (χ2n) is 6.14. The van der Waals surface area contributed by atoms with Crippen LogP contribution in [0.15, 0.2) is 28.7 Å². The highest BCUT2D eigenvalue weighted by atomic mass is 79.9. The van der Waals surface area contributed by atoms with Gasteiger partial charge in [0.05, 0.1) is 11.5 Å². The van der Waals surface area contributed by atoms with E-state index in [0.717, 1.165) is 22.9 Å². The molecule has 3 rings (SSSR count). The van der Waals surface area contributed by atoms with E-state index in [1.54, 1.807) is 4.90 Å². The van der Waals surface area contributed by atoms with Crippen molar-refractivity contribution in [3.63, 3.8) is 0 Å². The molecule has 0 radical (unpaired) electrons. The summed E-state index contributed by atoms with van der Waals surface area (Å²) in [5, 5.41) is 19.1. The summed E-state index contributed by atoms with van der Waals surface area (Å²) in [6.45, 7) is 0. The van der Waals surface area contributed by atoms with Gasteiger partial charge in [0.2, 0.25) is 0 Å². The van der Waals surface area contributed by atoms with E-state index in [1.165, 1.54) is 0 Å². The van der Waals surface area contributed by atoms with Crippen molar-refractivity contribution in [3.8, 4) is 6.07 Å². The number of carbonyl (C=O) groups is 1. The van der Waals surface area contributed by atoms with Crippen LogP contribution in [0.2, 0.25) is 0 Å². The van der Waals surface area contributed by atoms with Crippen LogP contribution in [0.25, 0.3) is 0 Å². The minimum Gasteiger partial charge on any atom is -0.465 e. The molecule has 1 N–H and O–H groups in total. The van der Waals surface area contributed by atoms with E-state index >= 15 is 0 Å². The highest BCUT2D eigenvalue weighted by Crippen LogP contribution is 2.47. The molecule has 2 heterocycles. The summed E-state index contributed by atoms with van der Waals surface area (Å²) in [4.78, 5) is 12.9. The minimum atomic E-state index is -0.838. The number of hydrogen-bond acceptors (Lipinski definition) is 2. The van der Waals surface area contributed by atoms with E-state index in [0.29, 0.717) is 19.3 Å². The minimum absolute atomic E-state index is 0.00314. The van der Waals surface area contributed by atoms with E-state index in [2.05, 4.69) is 22.0 Å². The van der Waals surface area contributed by atoms with Crippen molar-refractivity contribution in [1.29, 1.82) is 5.26 Å². The van der Waals surface area contributed by atoms with Crippen molar-refractivity contribution in [2.45, 2.75) is 44.2 Å². The van der Waals surface area contributed by atoms with Crippen LogP contribution in [0, 0.1) is 16.7 Å². The Kier molecular flexibility index (Phi) is 3.66. The van der Waals surface area contributed by atoms with Gasteiger partial charge in [-0.15, -0.1) is 0 Å². The maximum Gasteiger partial charge on any atom is 0.407 e. The van der Waals surface area contributed by atoms with E-state index in [1.807, 2.05) is 24.3 Å². The number of halogens is 1. The quantitative estimate of drug-likeness (QED) is 0.883. The number of nitriles is 1. The smallest absolute Gasteiger partial charge is 0.407 e. The number of amides is 1. The largest absolute Gasteiger partial charge is 0.465 e. The summed E-state index contributed by atoms with van der Waals surface area (Å²) in [7, 11) is 0. The Morgan fingerprint density at radius 2 is 2.00 bits per heavy atom. The predicted molar refractivity (Wildman–Crippen MR) is 81.8 cm³/mol. The van der Waals surface area contributed by atoms with Gasteiger partial charge in [0.15, 0.2) is 0 Å². The van der Waals surface area contributed by atoms with Crippen LogP contribution in [0.1, 0.15) is 31.2 Å². The van der Waals surface area contributed by atoms with Gasteiger partial charge < -0.3 is 10.0 Å². The van der Waals surface area contributed by atoms with Crippen molar-refractivity contribution in [3.05, 3.63) is 34.3 Å². The molecule has 0 spiro atoms. The van der Waals surface area contributed by atoms with Crippen molar-refractivity contribution in [2.24, 2.45) is 5.41 Å². The predicted octanol–water partition coefficient (Wildman–Crippen LogP) is 3.81. The second-order valence-corrected chi connectivity index (χ2v) is 7.00. The van der Waals surface area contributed by atoms with Crippen LogP contribution in [0.4, 0.5) is 4.79 Å². The summed E-state index contributed by atoms with van der Waals surface area (Å²) >= 11 is 3.54. The molecule has 21 heavy (non-hydrogen) atoms. The first-order valence-corrected chi connectivity index (χ1v) is 8.00. The van der Waals surface area contributed by atoms with Gasteiger partial charge in [-0.25, -0.2) is 4.79 Å². The molecule has 0 aliphatic carbocycles. The zero-order valence-corrected chi connectivity index (χ0v) is 13.2. The van der Waals surface area contributed by atoms with Crippen LogP contribution in [-0.2, 0) is 6.42 Å². The molecule has 2 fully saturated rings. The van der Waals surface area contributed by atoms with Gasteiger partial charge in [-0.2, -0.15) is 5.26 Å². The number of carboxylic acid groups (broad SMARTS) is 1. The number of piperidine rings is 1. The summed E-state index contributed by atoms with van der Waals surface area (Å²) in [5.41, 5.74) is 0.684. The lowest BCUT2D eigenvalue weighted by atomic mass is 9.72. The molecule has 1 aromatic rings. The molecule has 3 atom stereocenters. The average molecular weight is 349 g/mol. The van der Waals surface area contributed by atoms with Crippen LogP contribution in [0.3, 0.4) is 0 Å². The fourth-order valence-electron chi connectivity index (χ4n) is 3.94. The van der Waals surface area contributed by atoms with Crippen LogP contribution >= 0.6 is 15.9 Å². The maximum absolute atomic E-state index is 11.4. The Hall–Kier alpha value is -1.54. The lowest BCUT2D eigenvalue weighted by Gasteiger charge is -2.42. The number of fused-ring (bicyclic) bond motifs is 2. The molecule has 2 bridgehead atoms. The third kappa shape index (κ3) is 2.53. The van der Waals surface area contributed by atoms with E-state index in [4.69, 9.17) is 0 Å². The number of rotatable bonds is 2. The van der Waals surface area contributed by atoms with Gasteiger partial charge in [0.25, 0.3) is 0 Å². The third-order valence-corrected chi connectivity index (χ3v) is 5.59. The molecule has 4 nitrogen and oxygen atoms in total. The molecule has 2 aliphatic heterocycles. The normalized spacial score (nSPS) is 31.0. The zero-order chi connectivity index (χ0) is 15.0. The molecular formula is C16H17BrN2O2. The number of nitrogens with zero attached hydrogens (tertiary/aromatic N) is 2. The summed E-state index contributed by atoms with van der Waals surface area (Å²) in [5.74, 6) is 0. The van der Waals surface area contributed by atoms with Crippen LogP contribution in [-0.4, -0.2) is 28.2 Å². The monoisotopic (exact) mass is 348 g/mol. The molecule has 0 unspecified atom stereocenters. The van der Waals surface area contributed by atoms with E-state index in [9.17, 15) is 15.2 Å². The molecule has 110 valence electrons. The van der Waals surface area contributed by atoms with Gasteiger partial charge in [0.1, 0.15) is 0 Å². The fraction of sp³-hybridized carbons (Fsp3) is 0.500. The first kappa shape index (κ1) is 14.4. The Balaban J connectivity index is 1.86. The summed E-state index contributed by atoms with van der Waals surface area (Å²) < 4.78 is 1.02. The number of hydrogen-bond donors (Lipinski definition) is 1. The van der Waals surface area contributed by atoms with E-state index in [-0.39, 0.29) is 12.1 Å². The van der Waals surface area contributed by atoms with Crippen LogP contribution in [0.5, 0.6) is 0 Å². The van der Waals surface area contributed by atoms with Gasteiger partial charge in [0, 0.05) is 16.6 Å². The first-order valence-electron chi connectivity index (χ1n) is 7.20. The Bertz CT molecular complexity index is 597. The van der Waals surface area contributed by atoms with Gasteiger partial charge >= 0.3 is 6.09 Å². The molecule has 2 aliphatic rings. The molecule has 2 saturated heterocycles. The Morgan fingerprint density at radius 1 is 1.38 bits per heavy atom. The van der Waals surface area contributed by atoms with E-state index < -0.39 is 11.5 Å². The third-order valence-electron chi connectivity index (χ3n) is 4.82. The molecule has 1 amide bonds. The molecule has 0 saturated carbocycles. The Labute approximate surface area is 132 Å². The summed E-state index contributed by atoms with van der Waals surface area (Å²) in [6, 6.07) is 10.5. The topological polar surface area (TPSA) is 64.3 Å². The molecule has 0 aromatic heterocycles. The molecular weight excluding hydrogens is 332 g/mol. The highest BCUT2D eigenvalue weighted by Gasteiger charge is 2.50. The van der Waals surface area contributed by atoms with Crippen LogP contribution < -0.4 is 0 Å². The highest BCUT2D eigenvalue weighted by molar-refractivity contribution is 9.10. The zero-order valence-electron chi connectivity index (χ0n) is 11.6. The SMILES string of the molecule is N#C[C@@]1(Cc2ccccc2Br)C[C@H]2CC[C@@H](C1)N2C(=O)O.